The predicted octanol–water partition coefficient (Wildman–Crippen LogP) is 3.15. The third kappa shape index (κ3) is 4.13. The SMILES string of the molecule is CC(C)Oc1cc2c(cn1)CN=C2c1ccnc(N2CCN(CC3CC3)CC2)c1. The molecule has 2 fully saturated rings. The van der Waals surface area contributed by atoms with Crippen LogP contribution in [-0.2, 0) is 6.54 Å². The predicted molar refractivity (Wildman–Crippen MR) is 115 cm³/mol. The third-order valence-corrected chi connectivity index (χ3v) is 5.91. The van der Waals surface area contributed by atoms with E-state index in [2.05, 4.69) is 31.9 Å². The Morgan fingerprint density at radius 3 is 2.69 bits per heavy atom. The van der Waals surface area contributed by atoms with Crippen molar-refractivity contribution in [3.05, 3.63) is 47.3 Å². The largest absolute Gasteiger partial charge is 0.475 e. The van der Waals surface area contributed by atoms with Crippen LogP contribution in [0.2, 0.25) is 0 Å². The number of anilines is 1. The van der Waals surface area contributed by atoms with Crippen LogP contribution in [-0.4, -0.2) is 59.4 Å². The van der Waals surface area contributed by atoms with Crippen LogP contribution < -0.4 is 9.64 Å². The molecule has 1 saturated carbocycles. The highest BCUT2D eigenvalue weighted by atomic mass is 16.5. The van der Waals surface area contributed by atoms with Crippen LogP contribution in [0.25, 0.3) is 0 Å². The van der Waals surface area contributed by atoms with Crippen molar-refractivity contribution in [2.75, 3.05) is 37.6 Å². The van der Waals surface area contributed by atoms with Gasteiger partial charge in [0.05, 0.1) is 18.4 Å². The Labute approximate surface area is 172 Å². The molecule has 5 rings (SSSR count). The van der Waals surface area contributed by atoms with E-state index >= 15 is 0 Å². The second kappa shape index (κ2) is 7.75. The number of rotatable bonds is 6. The van der Waals surface area contributed by atoms with Crippen molar-refractivity contribution in [2.24, 2.45) is 10.9 Å². The highest BCUT2D eigenvalue weighted by molar-refractivity contribution is 6.15. The number of aliphatic imine (C=N–C) groups is 1. The fourth-order valence-electron chi connectivity index (χ4n) is 4.18. The summed E-state index contributed by atoms with van der Waals surface area (Å²) in [6.07, 6.45) is 6.76. The number of hydrogen-bond acceptors (Lipinski definition) is 6. The first-order chi connectivity index (χ1) is 14.2. The summed E-state index contributed by atoms with van der Waals surface area (Å²) in [6, 6.07) is 6.27. The van der Waals surface area contributed by atoms with E-state index in [0.717, 1.165) is 60.3 Å². The van der Waals surface area contributed by atoms with Gasteiger partial charge >= 0.3 is 0 Å². The smallest absolute Gasteiger partial charge is 0.214 e. The molecule has 4 heterocycles. The molecule has 29 heavy (non-hydrogen) atoms. The average Bonchev–Trinajstić information content (AvgIpc) is 3.44. The average molecular weight is 392 g/mol. The maximum atomic E-state index is 5.79. The van der Waals surface area contributed by atoms with Gasteiger partial charge in [0.15, 0.2) is 0 Å². The Bertz CT molecular complexity index is 913. The summed E-state index contributed by atoms with van der Waals surface area (Å²) in [7, 11) is 0. The fraction of sp³-hybridized carbons (Fsp3) is 0.522. The summed E-state index contributed by atoms with van der Waals surface area (Å²) in [5.74, 6) is 2.68. The Hall–Kier alpha value is -2.47. The minimum absolute atomic E-state index is 0.105. The Kier molecular flexibility index (Phi) is 4.96. The molecule has 2 aliphatic heterocycles. The zero-order valence-electron chi connectivity index (χ0n) is 17.3. The number of nitrogens with zero attached hydrogens (tertiary/aromatic N) is 5. The number of ether oxygens (including phenoxy) is 1. The monoisotopic (exact) mass is 391 g/mol. The molecule has 1 aliphatic carbocycles. The number of aromatic nitrogens is 2. The quantitative estimate of drug-likeness (QED) is 0.757. The molecule has 0 radical (unpaired) electrons. The molecular weight excluding hydrogens is 362 g/mol. The van der Waals surface area contributed by atoms with Crippen LogP contribution >= 0.6 is 0 Å². The van der Waals surface area contributed by atoms with Crippen LogP contribution in [0, 0.1) is 5.92 Å². The lowest BCUT2D eigenvalue weighted by atomic mass is 10.0. The number of pyridine rings is 2. The fourth-order valence-corrected chi connectivity index (χ4v) is 4.18. The lowest BCUT2D eigenvalue weighted by Crippen LogP contribution is -2.47. The normalized spacial score (nSPS) is 19.4. The van der Waals surface area contributed by atoms with Gasteiger partial charge in [-0.2, -0.15) is 0 Å². The summed E-state index contributed by atoms with van der Waals surface area (Å²) in [6.45, 7) is 10.3. The lowest BCUT2D eigenvalue weighted by Gasteiger charge is -2.35. The second-order valence-electron chi connectivity index (χ2n) is 8.64. The van der Waals surface area contributed by atoms with Crippen LogP contribution in [0.3, 0.4) is 0 Å². The van der Waals surface area contributed by atoms with E-state index in [-0.39, 0.29) is 6.10 Å². The topological polar surface area (TPSA) is 53.9 Å². The van der Waals surface area contributed by atoms with Gasteiger partial charge in [-0.15, -0.1) is 0 Å². The van der Waals surface area contributed by atoms with Crippen molar-refractivity contribution in [3.8, 4) is 5.88 Å². The maximum absolute atomic E-state index is 5.79. The van der Waals surface area contributed by atoms with Crippen molar-refractivity contribution in [1.82, 2.24) is 14.9 Å². The third-order valence-electron chi connectivity index (χ3n) is 5.91. The van der Waals surface area contributed by atoms with Crippen molar-refractivity contribution >= 4 is 11.5 Å². The zero-order valence-corrected chi connectivity index (χ0v) is 17.3. The second-order valence-corrected chi connectivity index (χ2v) is 8.64. The highest BCUT2D eigenvalue weighted by Crippen LogP contribution is 2.30. The molecule has 152 valence electrons. The maximum Gasteiger partial charge on any atom is 0.214 e. The molecule has 0 amide bonds. The Morgan fingerprint density at radius 1 is 1.10 bits per heavy atom. The first kappa shape index (κ1) is 18.6. The molecule has 0 unspecified atom stereocenters. The van der Waals surface area contributed by atoms with E-state index in [4.69, 9.17) is 9.73 Å². The van der Waals surface area contributed by atoms with E-state index in [1.54, 1.807) is 0 Å². The van der Waals surface area contributed by atoms with Gasteiger partial charge in [-0.3, -0.25) is 9.89 Å². The van der Waals surface area contributed by atoms with Gasteiger partial charge < -0.3 is 9.64 Å². The molecule has 2 aromatic rings. The summed E-state index contributed by atoms with van der Waals surface area (Å²) in [4.78, 5) is 18.9. The standard InChI is InChI=1S/C23H29N5O/c1-16(2)29-22-12-20-19(13-25-22)14-26-23(20)18-5-6-24-21(11-18)28-9-7-27(8-10-28)15-17-3-4-17/h5-6,11-13,16-17H,3-4,7-10,14-15H2,1-2H3. The van der Waals surface area contributed by atoms with Gasteiger partial charge in [0, 0.05) is 67.9 Å². The summed E-state index contributed by atoms with van der Waals surface area (Å²) < 4.78 is 5.79. The molecule has 0 bridgehead atoms. The molecule has 3 aliphatic rings. The van der Waals surface area contributed by atoms with E-state index in [0.29, 0.717) is 12.4 Å². The molecule has 1 saturated heterocycles. The molecule has 6 heteroatoms. The van der Waals surface area contributed by atoms with Crippen molar-refractivity contribution in [1.29, 1.82) is 0 Å². The molecule has 0 spiro atoms. The molecule has 6 nitrogen and oxygen atoms in total. The molecule has 0 atom stereocenters. The van der Waals surface area contributed by atoms with Crippen molar-refractivity contribution < 1.29 is 4.74 Å². The van der Waals surface area contributed by atoms with E-state index < -0.39 is 0 Å². The van der Waals surface area contributed by atoms with Crippen LogP contribution in [0.1, 0.15) is 43.4 Å². The van der Waals surface area contributed by atoms with Crippen LogP contribution in [0.5, 0.6) is 5.88 Å². The van der Waals surface area contributed by atoms with Gasteiger partial charge in [0.25, 0.3) is 0 Å². The zero-order chi connectivity index (χ0) is 19.8. The molecular formula is C23H29N5O. The lowest BCUT2D eigenvalue weighted by molar-refractivity contribution is 0.232. The van der Waals surface area contributed by atoms with Gasteiger partial charge in [-0.25, -0.2) is 9.97 Å². The van der Waals surface area contributed by atoms with Crippen molar-refractivity contribution in [2.45, 2.75) is 39.3 Å². The van der Waals surface area contributed by atoms with E-state index in [1.165, 1.54) is 19.4 Å². The molecule has 0 N–H and O–H groups in total. The Balaban J connectivity index is 1.32. The van der Waals surface area contributed by atoms with Gasteiger partial charge in [-0.05, 0) is 44.7 Å². The first-order valence-electron chi connectivity index (χ1n) is 10.8. The minimum Gasteiger partial charge on any atom is -0.475 e. The summed E-state index contributed by atoms with van der Waals surface area (Å²) in [5.41, 5.74) is 4.42. The van der Waals surface area contributed by atoms with Crippen molar-refractivity contribution in [3.63, 3.8) is 0 Å². The van der Waals surface area contributed by atoms with Crippen LogP contribution in [0.15, 0.2) is 35.6 Å². The van der Waals surface area contributed by atoms with E-state index in [1.807, 2.05) is 32.3 Å². The van der Waals surface area contributed by atoms with Gasteiger partial charge in [-0.1, -0.05) is 0 Å². The summed E-state index contributed by atoms with van der Waals surface area (Å²) in [5, 5.41) is 0. The summed E-state index contributed by atoms with van der Waals surface area (Å²) >= 11 is 0. The first-order valence-corrected chi connectivity index (χ1v) is 10.8. The minimum atomic E-state index is 0.105. The van der Waals surface area contributed by atoms with Gasteiger partial charge in [0.1, 0.15) is 5.82 Å². The van der Waals surface area contributed by atoms with Gasteiger partial charge in [0.2, 0.25) is 5.88 Å². The molecule has 0 aromatic carbocycles. The highest BCUT2D eigenvalue weighted by Gasteiger charge is 2.27. The number of piperazine rings is 1. The van der Waals surface area contributed by atoms with Crippen LogP contribution in [0.4, 0.5) is 5.82 Å². The number of hydrogen-bond donors (Lipinski definition) is 0. The Morgan fingerprint density at radius 2 is 1.93 bits per heavy atom. The molecule has 2 aromatic heterocycles. The van der Waals surface area contributed by atoms with E-state index in [9.17, 15) is 0 Å². The number of fused-ring (bicyclic) bond motifs is 1.